The number of amides is 1. The largest absolute Gasteiger partial charge is 0.481 e. The molecule has 2 saturated heterocycles. The van der Waals surface area contributed by atoms with Crippen LogP contribution in [0.1, 0.15) is 36.2 Å². The predicted octanol–water partition coefficient (Wildman–Crippen LogP) is 1.54. The Bertz CT molecular complexity index is 676. The summed E-state index contributed by atoms with van der Waals surface area (Å²) in [7, 11) is 0. The molecule has 1 atom stereocenters. The van der Waals surface area contributed by atoms with E-state index < -0.39 is 11.9 Å². The van der Waals surface area contributed by atoms with E-state index >= 15 is 0 Å². The number of aryl methyl sites for hydroxylation is 2. The van der Waals surface area contributed by atoms with E-state index in [1.807, 2.05) is 25.5 Å². The van der Waals surface area contributed by atoms with Gasteiger partial charge in [-0.1, -0.05) is 0 Å². The van der Waals surface area contributed by atoms with Gasteiger partial charge in [0.05, 0.1) is 11.6 Å². The van der Waals surface area contributed by atoms with E-state index in [0.29, 0.717) is 52.1 Å². The minimum absolute atomic E-state index is 0.0137. The Balaban J connectivity index is 1.66. The first kappa shape index (κ1) is 17.9. The summed E-state index contributed by atoms with van der Waals surface area (Å²) in [4.78, 5) is 26.1. The number of carboxylic acids is 1. The molecule has 0 radical (unpaired) electrons. The van der Waals surface area contributed by atoms with Crippen molar-refractivity contribution in [1.29, 1.82) is 0 Å². The lowest BCUT2D eigenvalue weighted by Gasteiger charge is -2.36. The molecule has 1 N–H and O–H groups in total. The Morgan fingerprint density at radius 3 is 2.52 bits per heavy atom. The van der Waals surface area contributed by atoms with Gasteiger partial charge in [0, 0.05) is 50.4 Å². The second kappa shape index (κ2) is 6.78. The standard InChI is InChI=1S/C18H27N3O4/c1-12-13(2)19-21(14(12)3)7-4-16(22)20-10-15(17(23)24)18(11-20)5-8-25-9-6-18/h15H,4-11H2,1-3H3,(H,23,24). The zero-order valence-electron chi connectivity index (χ0n) is 15.2. The van der Waals surface area contributed by atoms with Crippen LogP contribution in [0.15, 0.2) is 0 Å². The number of aromatic nitrogens is 2. The number of rotatable bonds is 4. The lowest BCUT2D eigenvalue weighted by atomic mass is 9.72. The van der Waals surface area contributed by atoms with Gasteiger partial charge in [0.15, 0.2) is 0 Å². The van der Waals surface area contributed by atoms with Gasteiger partial charge in [0.25, 0.3) is 0 Å². The molecule has 1 aromatic heterocycles. The van der Waals surface area contributed by atoms with E-state index in [1.54, 1.807) is 4.90 Å². The molecular weight excluding hydrogens is 322 g/mol. The molecule has 25 heavy (non-hydrogen) atoms. The molecule has 7 heteroatoms. The molecule has 0 aliphatic carbocycles. The zero-order valence-corrected chi connectivity index (χ0v) is 15.2. The summed E-state index contributed by atoms with van der Waals surface area (Å²) in [5.74, 6) is -1.28. The maximum Gasteiger partial charge on any atom is 0.308 e. The maximum atomic E-state index is 12.7. The van der Waals surface area contributed by atoms with Crippen molar-refractivity contribution in [3.63, 3.8) is 0 Å². The first-order chi connectivity index (χ1) is 11.8. The van der Waals surface area contributed by atoms with E-state index in [1.165, 1.54) is 0 Å². The molecule has 138 valence electrons. The lowest BCUT2D eigenvalue weighted by molar-refractivity contribution is -0.146. The Labute approximate surface area is 147 Å². The number of carbonyl (C=O) groups excluding carboxylic acids is 1. The molecule has 1 aromatic rings. The number of likely N-dealkylation sites (tertiary alicyclic amines) is 1. The third-order valence-corrected chi connectivity index (χ3v) is 6.07. The fourth-order valence-corrected chi connectivity index (χ4v) is 4.15. The molecular formula is C18H27N3O4. The topological polar surface area (TPSA) is 84.7 Å². The predicted molar refractivity (Wildman–Crippen MR) is 91.2 cm³/mol. The van der Waals surface area contributed by atoms with Crippen LogP contribution in [-0.2, 0) is 20.9 Å². The zero-order chi connectivity index (χ0) is 18.2. The van der Waals surface area contributed by atoms with Crippen LogP contribution in [0.4, 0.5) is 0 Å². The fraction of sp³-hybridized carbons (Fsp3) is 0.722. The van der Waals surface area contributed by atoms with E-state index in [9.17, 15) is 14.7 Å². The number of aliphatic carboxylic acids is 1. The Hall–Kier alpha value is -1.89. The van der Waals surface area contributed by atoms with E-state index in [2.05, 4.69) is 5.10 Å². The van der Waals surface area contributed by atoms with Gasteiger partial charge in [-0.2, -0.15) is 5.10 Å². The van der Waals surface area contributed by atoms with Gasteiger partial charge in [-0.25, -0.2) is 0 Å². The summed E-state index contributed by atoms with van der Waals surface area (Å²) in [6.07, 6.45) is 1.77. The highest BCUT2D eigenvalue weighted by Gasteiger charge is 2.51. The van der Waals surface area contributed by atoms with Crippen molar-refractivity contribution < 1.29 is 19.4 Å². The summed E-state index contributed by atoms with van der Waals surface area (Å²) in [5.41, 5.74) is 2.89. The summed E-state index contributed by atoms with van der Waals surface area (Å²) < 4.78 is 7.28. The third-order valence-electron chi connectivity index (χ3n) is 6.07. The number of hydrogen-bond acceptors (Lipinski definition) is 4. The second-order valence-corrected chi connectivity index (χ2v) is 7.41. The highest BCUT2D eigenvalue weighted by Crippen LogP contribution is 2.44. The summed E-state index contributed by atoms with van der Waals surface area (Å²) in [6, 6.07) is 0. The number of hydrogen-bond donors (Lipinski definition) is 1. The van der Waals surface area contributed by atoms with Gasteiger partial charge in [0.1, 0.15) is 0 Å². The molecule has 3 heterocycles. The first-order valence-electron chi connectivity index (χ1n) is 8.93. The molecule has 7 nitrogen and oxygen atoms in total. The van der Waals surface area contributed by atoms with Crippen molar-refractivity contribution >= 4 is 11.9 Å². The van der Waals surface area contributed by atoms with Crippen molar-refractivity contribution in [3.8, 4) is 0 Å². The van der Waals surface area contributed by atoms with Gasteiger partial charge >= 0.3 is 5.97 Å². The van der Waals surface area contributed by atoms with E-state index in [0.717, 1.165) is 17.0 Å². The normalized spacial score (nSPS) is 22.5. The molecule has 2 fully saturated rings. The fourth-order valence-electron chi connectivity index (χ4n) is 4.15. The number of nitrogens with zero attached hydrogens (tertiary/aromatic N) is 3. The molecule has 1 unspecified atom stereocenters. The molecule has 1 spiro atoms. The average molecular weight is 349 g/mol. The lowest BCUT2D eigenvalue weighted by Crippen LogP contribution is -2.40. The van der Waals surface area contributed by atoms with Gasteiger partial charge in [-0.3, -0.25) is 14.3 Å². The van der Waals surface area contributed by atoms with Crippen LogP contribution in [0.2, 0.25) is 0 Å². The van der Waals surface area contributed by atoms with Crippen molar-refractivity contribution in [2.75, 3.05) is 26.3 Å². The van der Waals surface area contributed by atoms with Crippen molar-refractivity contribution in [1.82, 2.24) is 14.7 Å². The van der Waals surface area contributed by atoms with Crippen LogP contribution in [-0.4, -0.2) is 58.0 Å². The minimum atomic E-state index is -0.800. The molecule has 2 aliphatic heterocycles. The minimum Gasteiger partial charge on any atom is -0.481 e. The summed E-state index contributed by atoms with van der Waals surface area (Å²) in [6.45, 7) is 8.54. The van der Waals surface area contributed by atoms with Crippen LogP contribution in [0.3, 0.4) is 0 Å². The van der Waals surface area contributed by atoms with Crippen LogP contribution in [0, 0.1) is 32.1 Å². The van der Waals surface area contributed by atoms with Crippen LogP contribution in [0.5, 0.6) is 0 Å². The van der Waals surface area contributed by atoms with Crippen LogP contribution >= 0.6 is 0 Å². The van der Waals surface area contributed by atoms with Gasteiger partial charge in [-0.05, 0) is 39.2 Å². The highest BCUT2D eigenvalue weighted by molar-refractivity contribution is 5.79. The quantitative estimate of drug-likeness (QED) is 0.891. The maximum absolute atomic E-state index is 12.7. The molecule has 0 aromatic carbocycles. The summed E-state index contributed by atoms with van der Waals surface area (Å²) >= 11 is 0. The Morgan fingerprint density at radius 1 is 1.28 bits per heavy atom. The highest BCUT2D eigenvalue weighted by atomic mass is 16.5. The molecule has 0 saturated carbocycles. The van der Waals surface area contributed by atoms with Crippen LogP contribution in [0.25, 0.3) is 0 Å². The first-order valence-corrected chi connectivity index (χ1v) is 8.93. The van der Waals surface area contributed by atoms with Crippen molar-refractivity contribution in [3.05, 3.63) is 17.0 Å². The molecule has 0 bridgehead atoms. The van der Waals surface area contributed by atoms with Crippen molar-refractivity contribution in [2.45, 2.75) is 46.6 Å². The Kier molecular flexibility index (Phi) is 4.86. The summed E-state index contributed by atoms with van der Waals surface area (Å²) in [5, 5.41) is 14.1. The number of carbonyl (C=O) groups is 2. The second-order valence-electron chi connectivity index (χ2n) is 7.41. The molecule has 3 rings (SSSR count). The van der Waals surface area contributed by atoms with Gasteiger partial charge in [-0.15, -0.1) is 0 Å². The van der Waals surface area contributed by atoms with Crippen molar-refractivity contribution in [2.24, 2.45) is 11.3 Å². The number of carboxylic acid groups (broad SMARTS) is 1. The molecule has 1 amide bonds. The number of ether oxygens (including phenoxy) is 1. The smallest absolute Gasteiger partial charge is 0.308 e. The Morgan fingerprint density at radius 2 is 1.96 bits per heavy atom. The average Bonchev–Trinajstić information content (AvgIpc) is 3.07. The molecule has 2 aliphatic rings. The SMILES string of the molecule is Cc1nn(CCC(=O)N2CC(C(=O)O)C3(CCOCC3)C2)c(C)c1C. The van der Waals surface area contributed by atoms with Gasteiger partial charge < -0.3 is 14.7 Å². The monoisotopic (exact) mass is 349 g/mol. The van der Waals surface area contributed by atoms with E-state index in [-0.39, 0.29) is 11.3 Å². The third kappa shape index (κ3) is 3.29. The van der Waals surface area contributed by atoms with Crippen LogP contribution < -0.4 is 0 Å². The van der Waals surface area contributed by atoms with E-state index in [4.69, 9.17) is 4.74 Å². The van der Waals surface area contributed by atoms with Gasteiger partial charge in [0.2, 0.25) is 5.91 Å².